The van der Waals surface area contributed by atoms with Gasteiger partial charge in [0.05, 0.1) is 17.9 Å². The van der Waals surface area contributed by atoms with E-state index in [9.17, 15) is 4.79 Å². The van der Waals surface area contributed by atoms with Gasteiger partial charge < -0.3 is 14.8 Å². The molecule has 1 N–H and O–H groups in total. The lowest BCUT2D eigenvalue weighted by Gasteiger charge is -2.15. The van der Waals surface area contributed by atoms with E-state index in [0.717, 1.165) is 10.0 Å². The van der Waals surface area contributed by atoms with Gasteiger partial charge in [-0.1, -0.05) is 72.2 Å². The van der Waals surface area contributed by atoms with Gasteiger partial charge in [0.15, 0.2) is 0 Å². The Morgan fingerprint density at radius 3 is 2.41 bits per heavy atom. The zero-order chi connectivity index (χ0) is 20.6. The Kier molecular flexibility index (Phi) is 7.30. The molecule has 0 spiro atoms. The van der Waals surface area contributed by atoms with Gasteiger partial charge in [0.2, 0.25) is 0 Å². The highest BCUT2D eigenvalue weighted by molar-refractivity contribution is 9.10. The Balaban J connectivity index is 1.76. The van der Waals surface area contributed by atoms with Crippen molar-refractivity contribution < 1.29 is 14.3 Å². The van der Waals surface area contributed by atoms with Crippen LogP contribution in [-0.2, 0) is 6.61 Å². The van der Waals surface area contributed by atoms with E-state index in [1.807, 2.05) is 60.7 Å². The molecule has 0 aliphatic carbocycles. The van der Waals surface area contributed by atoms with Crippen molar-refractivity contribution in [3.05, 3.63) is 88.4 Å². The van der Waals surface area contributed by atoms with E-state index in [0.29, 0.717) is 41.9 Å². The minimum atomic E-state index is -0.249. The predicted molar refractivity (Wildman–Crippen MR) is 120 cm³/mol. The van der Waals surface area contributed by atoms with Crippen LogP contribution in [0, 0.1) is 5.92 Å². The number of ether oxygens (including phenoxy) is 2. The standard InChI is InChI=1S/C24H24BrNO3/c1-17(2)15-28-22-13-12-19(25)14-20(22)24(27)26-21-10-6-7-11-23(21)29-16-18-8-4-3-5-9-18/h3-14,17H,15-16H2,1-2H3,(H,26,27). The van der Waals surface area contributed by atoms with Crippen LogP contribution in [0.15, 0.2) is 77.3 Å². The third-order valence-electron chi connectivity index (χ3n) is 4.13. The summed E-state index contributed by atoms with van der Waals surface area (Å²) in [5, 5.41) is 2.95. The first-order valence-electron chi connectivity index (χ1n) is 9.52. The van der Waals surface area contributed by atoms with E-state index in [2.05, 4.69) is 35.1 Å². The number of hydrogen-bond donors (Lipinski definition) is 1. The second-order valence-electron chi connectivity index (χ2n) is 7.07. The van der Waals surface area contributed by atoms with E-state index in [4.69, 9.17) is 9.47 Å². The lowest BCUT2D eigenvalue weighted by molar-refractivity contribution is 0.102. The van der Waals surface area contributed by atoms with Crippen LogP contribution < -0.4 is 14.8 Å². The first kappa shape index (κ1) is 20.9. The SMILES string of the molecule is CC(C)COc1ccc(Br)cc1C(=O)Nc1ccccc1OCc1ccccc1. The number of amides is 1. The monoisotopic (exact) mass is 453 g/mol. The smallest absolute Gasteiger partial charge is 0.259 e. The fourth-order valence-corrected chi connectivity index (χ4v) is 3.04. The van der Waals surface area contributed by atoms with Crippen LogP contribution in [0.4, 0.5) is 5.69 Å². The van der Waals surface area contributed by atoms with E-state index in [-0.39, 0.29) is 5.91 Å². The molecule has 3 aromatic carbocycles. The molecule has 3 rings (SSSR count). The van der Waals surface area contributed by atoms with E-state index in [1.165, 1.54) is 0 Å². The molecule has 0 bridgehead atoms. The van der Waals surface area contributed by atoms with E-state index < -0.39 is 0 Å². The third-order valence-corrected chi connectivity index (χ3v) is 4.62. The van der Waals surface area contributed by atoms with Gasteiger partial charge in [-0.25, -0.2) is 0 Å². The number of benzene rings is 3. The number of anilines is 1. The zero-order valence-electron chi connectivity index (χ0n) is 16.5. The molecule has 0 aliphatic rings. The summed E-state index contributed by atoms with van der Waals surface area (Å²) in [6.45, 7) is 5.10. The topological polar surface area (TPSA) is 47.6 Å². The lowest BCUT2D eigenvalue weighted by atomic mass is 10.1. The Morgan fingerprint density at radius 1 is 0.931 bits per heavy atom. The number of rotatable bonds is 8. The van der Waals surface area contributed by atoms with Gasteiger partial charge in [0, 0.05) is 4.47 Å². The van der Waals surface area contributed by atoms with Gasteiger partial charge in [0.25, 0.3) is 5.91 Å². The van der Waals surface area contributed by atoms with Crippen molar-refractivity contribution in [3.8, 4) is 11.5 Å². The van der Waals surface area contributed by atoms with E-state index >= 15 is 0 Å². The summed E-state index contributed by atoms with van der Waals surface area (Å²) in [4.78, 5) is 13.0. The van der Waals surface area contributed by atoms with Crippen LogP contribution in [0.1, 0.15) is 29.8 Å². The second-order valence-corrected chi connectivity index (χ2v) is 7.99. The van der Waals surface area contributed by atoms with Gasteiger partial charge in [-0.3, -0.25) is 4.79 Å². The van der Waals surface area contributed by atoms with Crippen molar-refractivity contribution in [3.63, 3.8) is 0 Å². The maximum Gasteiger partial charge on any atom is 0.259 e. The molecular weight excluding hydrogens is 430 g/mol. The number of carbonyl (C=O) groups is 1. The average Bonchev–Trinajstić information content (AvgIpc) is 2.73. The molecule has 0 fully saturated rings. The first-order chi connectivity index (χ1) is 14.0. The van der Waals surface area contributed by atoms with Crippen molar-refractivity contribution in [2.45, 2.75) is 20.5 Å². The van der Waals surface area contributed by atoms with Crippen molar-refractivity contribution >= 4 is 27.5 Å². The third kappa shape index (κ3) is 6.09. The fraction of sp³-hybridized carbons (Fsp3) is 0.208. The number of halogens is 1. The van der Waals surface area contributed by atoms with Crippen LogP contribution in [-0.4, -0.2) is 12.5 Å². The summed E-state index contributed by atoms with van der Waals surface area (Å²) >= 11 is 3.44. The maximum absolute atomic E-state index is 13.0. The van der Waals surface area contributed by atoms with Crippen molar-refractivity contribution in [1.29, 1.82) is 0 Å². The number of hydrogen-bond acceptors (Lipinski definition) is 3. The molecule has 0 saturated heterocycles. The molecule has 0 unspecified atom stereocenters. The summed E-state index contributed by atoms with van der Waals surface area (Å²) in [6, 6.07) is 22.8. The average molecular weight is 454 g/mol. The Morgan fingerprint density at radius 2 is 1.66 bits per heavy atom. The van der Waals surface area contributed by atoms with Crippen LogP contribution >= 0.6 is 15.9 Å². The fourth-order valence-electron chi connectivity index (χ4n) is 2.68. The molecule has 0 heterocycles. The highest BCUT2D eigenvalue weighted by Gasteiger charge is 2.16. The largest absolute Gasteiger partial charge is 0.492 e. The summed E-state index contributed by atoms with van der Waals surface area (Å²) in [6.07, 6.45) is 0. The summed E-state index contributed by atoms with van der Waals surface area (Å²) in [5.74, 6) is 1.29. The van der Waals surface area contributed by atoms with Crippen LogP contribution in [0.25, 0.3) is 0 Å². The molecule has 4 nitrogen and oxygen atoms in total. The zero-order valence-corrected chi connectivity index (χ0v) is 18.1. The van der Waals surface area contributed by atoms with Gasteiger partial charge in [-0.05, 0) is 41.8 Å². The normalized spacial score (nSPS) is 10.6. The minimum Gasteiger partial charge on any atom is -0.492 e. The molecule has 0 saturated carbocycles. The number of carbonyl (C=O) groups excluding carboxylic acids is 1. The van der Waals surface area contributed by atoms with Gasteiger partial charge >= 0.3 is 0 Å². The molecule has 0 aliphatic heterocycles. The number of nitrogens with one attached hydrogen (secondary N) is 1. The van der Waals surface area contributed by atoms with E-state index in [1.54, 1.807) is 12.1 Å². The van der Waals surface area contributed by atoms with Crippen LogP contribution in [0.5, 0.6) is 11.5 Å². The molecule has 29 heavy (non-hydrogen) atoms. The van der Waals surface area contributed by atoms with Crippen LogP contribution in [0.3, 0.4) is 0 Å². The summed E-state index contributed by atoms with van der Waals surface area (Å²) < 4.78 is 12.6. The molecule has 0 radical (unpaired) electrons. The first-order valence-corrected chi connectivity index (χ1v) is 10.3. The second kappa shape index (κ2) is 10.1. The maximum atomic E-state index is 13.0. The van der Waals surface area contributed by atoms with Crippen molar-refractivity contribution in [2.75, 3.05) is 11.9 Å². The van der Waals surface area contributed by atoms with Gasteiger partial charge in [-0.15, -0.1) is 0 Å². The summed E-state index contributed by atoms with van der Waals surface area (Å²) in [5.41, 5.74) is 2.14. The lowest BCUT2D eigenvalue weighted by Crippen LogP contribution is -2.15. The Hall–Kier alpha value is -2.79. The van der Waals surface area contributed by atoms with Crippen molar-refractivity contribution in [1.82, 2.24) is 0 Å². The quantitative estimate of drug-likeness (QED) is 0.434. The highest BCUT2D eigenvalue weighted by Crippen LogP contribution is 2.28. The molecule has 0 atom stereocenters. The molecule has 3 aromatic rings. The summed E-state index contributed by atoms with van der Waals surface area (Å²) in [7, 11) is 0. The Labute approximate surface area is 180 Å². The molecule has 5 heteroatoms. The Bertz CT molecular complexity index is 957. The van der Waals surface area contributed by atoms with Gasteiger partial charge in [-0.2, -0.15) is 0 Å². The van der Waals surface area contributed by atoms with Crippen molar-refractivity contribution in [2.24, 2.45) is 5.92 Å². The molecule has 0 aromatic heterocycles. The van der Waals surface area contributed by atoms with Gasteiger partial charge in [0.1, 0.15) is 18.1 Å². The predicted octanol–water partition coefficient (Wildman–Crippen LogP) is 6.32. The van der Waals surface area contributed by atoms with Crippen LogP contribution in [0.2, 0.25) is 0 Å². The molecule has 1 amide bonds. The minimum absolute atomic E-state index is 0.249. The molecular formula is C24H24BrNO3. The highest BCUT2D eigenvalue weighted by atomic mass is 79.9. The molecule has 150 valence electrons. The number of para-hydroxylation sites is 2.